The number of aromatic nitrogens is 2. The first-order valence-corrected chi connectivity index (χ1v) is 7.52. The van der Waals surface area contributed by atoms with Crippen LogP contribution in [0, 0.1) is 6.92 Å². The van der Waals surface area contributed by atoms with Gasteiger partial charge in [-0.2, -0.15) is 0 Å². The van der Waals surface area contributed by atoms with Crippen LogP contribution >= 0.6 is 11.6 Å². The van der Waals surface area contributed by atoms with E-state index in [1.54, 1.807) is 36.2 Å². The second kappa shape index (κ2) is 6.30. The molecule has 0 saturated heterocycles. The Hall–Kier alpha value is -2.53. The highest BCUT2D eigenvalue weighted by Crippen LogP contribution is 2.20. The predicted octanol–water partition coefficient (Wildman–Crippen LogP) is 3.57. The number of hydrogen-bond acceptors (Lipinski definition) is 3. The van der Waals surface area contributed by atoms with Crippen LogP contribution in [-0.2, 0) is 4.79 Å². The molecule has 0 saturated carbocycles. The molecule has 0 unspecified atom stereocenters. The van der Waals surface area contributed by atoms with Crippen molar-refractivity contribution in [1.29, 1.82) is 0 Å². The van der Waals surface area contributed by atoms with Crippen molar-refractivity contribution in [3.63, 3.8) is 0 Å². The summed E-state index contributed by atoms with van der Waals surface area (Å²) in [5.74, 6) is 1.31. The van der Waals surface area contributed by atoms with E-state index in [0.717, 1.165) is 22.5 Å². The van der Waals surface area contributed by atoms with Crippen LogP contribution in [0.5, 0.6) is 5.75 Å². The third kappa shape index (κ3) is 3.46. The lowest BCUT2D eigenvalue weighted by molar-refractivity contribution is -0.120. The summed E-state index contributed by atoms with van der Waals surface area (Å²) in [6.45, 7) is 1.85. The number of H-pyrrole nitrogens is 1. The van der Waals surface area contributed by atoms with Crippen LogP contribution in [0.2, 0.25) is 5.02 Å². The molecule has 118 valence electrons. The predicted molar refractivity (Wildman–Crippen MR) is 91.2 cm³/mol. The molecule has 0 spiro atoms. The number of halogens is 1. The van der Waals surface area contributed by atoms with Gasteiger partial charge < -0.3 is 14.6 Å². The molecule has 0 bridgehead atoms. The summed E-state index contributed by atoms with van der Waals surface area (Å²) in [4.78, 5) is 21.3. The maximum Gasteiger partial charge on any atom is 0.264 e. The number of likely N-dealkylation sites (N-methyl/N-ethyl adjacent to an activating group) is 1. The lowest BCUT2D eigenvalue weighted by Crippen LogP contribution is -2.31. The van der Waals surface area contributed by atoms with Gasteiger partial charge >= 0.3 is 0 Å². The van der Waals surface area contributed by atoms with Crippen LogP contribution in [-0.4, -0.2) is 29.5 Å². The fraction of sp³-hybridized carbons (Fsp3) is 0.176. The minimum atomic E-state index is -0.143. The van der Waals surface area contributed by atoms with Crippen LogP contribution < -0.4 is 9.64 Å². The van der Waals surface area contributed by atoms with Crippen molar-refractivity contribution >= 4 is 34.2 Å². The molecule has 23 heavy (non-hydrogen) atoms. The fourth-order valence-corrected chi connectivity index (χ4v) is 2.38. The van der Waals surface area contributed by atoms with E-state index in [-0.39, 0.29) is 12.5 Å². The van der Waals surface area contributed by atoms with Crippen molar-refractivity contribution < 1.29 is 9.53 Å². The van der Waals surface area contributed by atoms with Gasteiger partial charge in [-0.3, -0.25) is 4.79 Å². The molecule has 6 heteroatoms. The summed E-state index contributed by atoms with van der Waals surface area (Å²) in [5.41, 5.74) is 2.56. The summed E-state index contributed by atoms with van der Waals surface area (Å²) >= 11 is 5.82. The molecule has 1 heterocycles. The van der Waals surface area contributed by atoms with Crippen molar-refractivity contribution in [2.75, 3.05) is 18.6 Å². The van der Waals surface area contributed by atoms with Crippen LogP contribution in [0.4, 0.5) is 5.69 Å². The molecule has 0 aliphatic carbocycles. The molecule has 0 fully saturated rings. The smallest absolute Gasteiger partial charge is 0.264 e. The molecule has 5 nitrogen and oxygen atoms in total. The molecule has 1 aromatic heterocycles. The minimum Gasteiger partial charge on any atom is -0.484 e. The number of anilines is 1. The largest absolute Gasteiger partial charge is 0.484 e. The number of amides is 1. The van der Waals surface area contributed by atoms with Gasteiger partial charge in [0.1, 0.15) is 11.6 Å². The highest BCUT2D eigenvalue weighted by atomic mass is 35.5. The number of carbonyl (C=O) groups is 1. The van der Waals surface area contributed by atoms with Gasteiger partial charge in [0.05, 0.1) is 11.0 Å². The maximum atomic E-state index is 12.3. The molecule has 0 aliphatic rings. The third-order valence-electron chi connectivity index (χ3n) is 3.52. The summed E-state index contributed by atoms with van der Waals surface area (Å²) in [5, 5.41) is 0.629. The number of benzene rings is 2. The van der Waals surface area contributed by atoms with Crippen molar-refractivity contribution in [1.82, 2.24) is 9.97 Å². The molecular weight excluding hydrogens is 314 g/mol. The number of hydrogen-bond donors (Lipinski definition) is 1. The van der Waals surface area contributed by atoms with E-state index in [9.17, 15) is 4.79 Å². The van der Waals surface area contributed by atoms with Crippen LogP contribution in [0.25, 0.3) is 11.0 Å². The van der Waals surface area contributed by atoms with Gasteiger partial charge in [-0.1, -0.05) is 11.6 Å². The average Bonchev–Trinajstić information content (AvgIpc) is 2.92. The van der Waals surface area contributed by atoms with E-state index in [2.05, 4.69) is 9.97 Å². The fourth-order valence-electron chi connectivity index (χ4n) is 2.25. The number of imidazole rings is 1. The van der Waals surface area contributed by atoms with Crippen LogP contribution in [0.1, 0.15) is 5.82 Å². The van der Waals surface area contributed by atoms with Crippen molar-refractivity contribution in [3.05, 3.63) is 53.3 Å². The first kappa shape index (κ1) is 15.4. The van der Waals surface area contributed by atoms with Crippen molar-refractivity contribution in [3.8, 4) is 5.75 Å². The number of carbonyl (C=O) groups excluding carboxylic acids is 1. The van der Waals surface area contributed by atoms with Crippen molar-refractivity contribution in [2.45, 2.75) is 6.92 Å². The second-order valence-electron chi connectivity index (χ2n) is 5.22. The highest BCUT2D eigenvalue weighted by molar-refractivity contribution is 6.30. The van der Waals surface area contributed by atoms with Crippen LogP contribution in [0.15, 0.2) is 42.5 Å². The summed E-state index contributed by atoms with van der Waals surface area (Å²) in [6.07, 6.45) is 0. The number of nitrogens with one attached hydrogen (secondary N) is 1. The van der Waals surface area contributed by atoms with Gasteiger partial charge in [-0.05, 0) is 49.4 Å². The van der Waals surface area contributed by atoms with Gasteiger partial charge in [0.2, 0.25) is 0 Å². The standard InChI is InChI=1S/C17H16ClN3O2/c1-11-19-15-8-5-13(9-16(15)20-11)21(2)17(22)10-23-14-6-3-12(18)4-7-14/h3-9H,10H2,1-2H3,(H,19,20). The quantitative estimate of drug-likeness (QED) is 0.796. The molecule has 1 N–H and O–H groups in total. The number of aromatic amines is 1. The molecule has 0 aliphatic heterocycles. The second-order valence-corrected chi connectivity index (χ2v) is 5.66. The number of rotatable bonds is 4. The number of fused-ring (bicyclic) bond motifs is 1. The lowest BCUT2D eigenvalue weighted by atomic mass is 10.2. The zero-order valence-corrected chi connectivity index (χ0v) is 13.6. The van der Waals surface area contributed by atoms with Gasteiger partial charge in [-0.25, -0.2) is 4.98 Å². The van der Waals surface area contributed by atoms with Crippen LogP contribution in [0.3, 0.4) is 0 Å². The van der Waals surface area contributed by atoms with Gasteiger partial charge in [0.25, 0.3) is 5.91 Å². The van der Waals surface area contributed by atoms with E-state index in [0.29, 0.717) is 10.8 Å². The topological polar surface area (TPSA) is 58.2 Å². The van der Waals surface area contributed by atoms with Gasteiger partial charge in [0, 0.05) is 17.8 Å². The minimum absolute atomic E-state index is 0.0435. The number of ether oxygens (including phenoxy) is 1. The molecule has 2 aromatic carbocycles. The normalized spacial score (nSPS) is 10.7. The molecule has 1 amide bonds. The first-order chi connectivity index (χ1) is 11.0. The van der Waals surface area contributed by atoms with Gasteiger partial charge in [0.15, 0.2) is 6.61 Å². The van der Waals surface area contributed by atoms with E-state index >= 15 is 0 Å². The maximum absolute atomic E-state index is 12.3. The summed E-state index contributed by atoms with van der Waals surface area (Å²) < 4.78 is 5.49. The third-order valence-corrected chi connectivity index (χ3v) is 3.77. The molecule has 0 atom stereocenters. The lowest BCUT2D eigenvalue weighted by Gasteiger charge is -2.17. The van der Waals surface area contributed by atoms with E-state index in [4.69, 9.17) is 16.3 Å². The molecule has 3 rings (SSSR count). The number of nitrogens with zero attached hydrogens (tertiary/aromatic N) is 2. The van der Waals surface area contributed by atoms with E-state index in [1.165, 1.54) is 0 Å². The average molecular weight is 330 g/mol. The highest BCUT2D eigenvalue weighted by Gasteiger charge is 2.13. The Kier molecular flexibility index (Phi) is 4.21. The summed E-state index contributed by atoms with van der Waals surface area (Å²) in [6, 6.07) is 12.6. The molecule has 3 aromatic rings. The Bertz CT molecular complexity index is 843. The Morgan fingerprint density at radius 2 is 2.00 bits per heavy atom. The Morgan fingerprint density at radius 3 is 2.74 bits per heavy atom. The van der Waals surface area contributed by atoms with Gasteiger partial charge in [-0.15, -0.1) is 0 Å². The monoisotopic (exact) mass is 329 g/mol. The Morgan fingerprint density at radius 1 is 1.26 bits per heavy atom. The SMILES string of the molecule is Cc1nc2ccc(N(C)C(=O)COc3ccc(Cl)cc3)cc2[nH]1. The molecular formula is C17H16ClN3O2. The van der Waals surface area contributed by atoms with E-state index in [1.807, 2.05) is 25.1 Å². The zero-order chi connectivity index (χ0) is 16.4. The van der Waals surface area contributed by atoms with E-state index < -0.39 is 0 Å². The molecule has 0 radical (unpaired) electrons. The number of aryl methyl sites for hydroxylation is 1. The van der Waals surface area contributed by atoms with Crippen molar-refractivity contribution in [2.24, 2.45) is 0 Å². The zero-order valence-electron chi connectivity index (χ0n) is 12.8. The Balaban J connectivity index is 1.69. The summed E-state index contributed by atoms with van der Waals surface area (Å²) in [7, 11) is 1.72. The Labute approximate surface area is 138 Å². The first-order valence-electron chi connectivity index (χ1n) is 7.14.